The number of carbonyl (C=O) groups excluding carboxylic acids is 1. The summed E-state index contributed by atoms with van der Waals surface area (Å²) >= 11 is 0. The fourth-order valence-corrected chi connectivity index (χ4v) is 3.35. The topological polar surface area (TPSA) is 88.4 Å². The Morgan fingerprint density at radius 2 is 1.71 bits per heavy atom. The van der Waals surface area contributed by atoms with Crippen LogP contribution in [0.5, 0.6) is 0 Å². The lowest BCUT2D eigenvalue weighted by molar-refractivity contribution is 0.0918. The fraction of sp³-hybridized carbons (Fsp3) is 0.118. The van der Waals surface area contributed by atoms with Crippen molar-refractivity contribution in [2.45, 2.75) is 12.7 Å². The summed E-state index contributed by atoms with van der Waals surface area (Å²) in [6.07, 6.45) is 0. The standard InChI is InChI=1S/C17H16N2O4S/c1-12-14-9-5-6-10-15(14)23-16(12)17(20)18-19-24(21,22)11-13-7-3-2-4-8-13/h2-10,19H,11H2,1H3,(H,18,20). The molecule has 124 valence electrons. The predicted molar refractivity (Wildman–Crippen MR) is 90.6 cm³/mol. The SMILES string of the molecule is Cc1c(C(=O)NNS(=O)(=O)Cc2ccccc2)oc2ccccc12. The highest BCUT2D eigenvalue weighted by Gasteiger charge is 2.19. The molecule has 7 heteroatoms. The van der Waals surface area contributed by atoms with Crippen LogP contribution in [0.25, 0.3) is 11.0 Å². The van der Waals surface area contributed by atoms with Gasteiger partial charge in [-0.1, -0.05) is 48.5 Å². The third kappa shape index (κ3) is 3.47. The van der Waals surface area contributed by atoms with Crippen LogP contribution in [0.1, 0.15) is 21.7 Å². The number of carbonyl (C=O) groups is 1. The van der Waals surface area contributed by atoms with Gasteiger partial charge in [0.2, 0.25) is 10.0 Å². The van der Waals surface area contributed by atoms with E-state index in [1.165, 1.54) is 0 Å². The van der Waals surface area contributed by atoms with Gasteiger partial charge in [-0.15, -0.1) is 4.83 Å². The Morgan fingerprint density at radius 1 is 1.04 bits per heavy atom. The molecule has 0 fully saturated rings. The molecule has 0 bridgehead atoms. The van der Waals surface area contributed by atoms with Crippen molar-refractivity contribution in [3.63, 3.8) is 0 Å². The van der Waals surface area contributed by atoms with E-state index in [-0.39, 0.29) is 11.5 Å². The first-order chi connectivity index (χ1) is 11.5. The molecule has 0 aliphatic rings. The molecule has 0 aliphatic heterocycles. The number of fused-ring (bicyclic) bond motifs is 1. The number of nitrogens with one attached hydrogen (secondary N) is 2. The molecule has 0 saturated heterocycles. The Bertz CT molecular complexity index is 978. The highest BCUT2D eigenvalue weighted by molar-refractivity contribution is 7.88. The normalized spacial score (nSPS) is 11.5. The smallest absolute Gasteiger partial charge is 0.302 e. The minimum atomic E-state index is -3.70. The van der Waals surface area contributed by atoms with Gasteiger partial charge in [0.05, 0.1) is 5.75 Å². The second-order valence-corrected chi connectivity index (χ2v) is 7.08. The van der Waals surface area contributed by atoms with Crippen LogP contribution in [0.15, 0.2) is 59.0 Å². The summed E-state index contributed by atoms with van der Waals surface area (Å²) in [4.78, 5) is 14.3. The fourth-order valence-electron chi connectivity index (χ4n) is 2.40. The van der Waals surface area contributed by atoms with E-state index < -0.39 is 15.9 Å². The average Bonchev–Trinajstić information content (AvgIpc) is 2.91. The van der Waals surface area contributed by atoms with Gasteiger partial charge >= 0.3 is 5.91 Å². The van der Waals surface area contributed by atoms with Crippen molar-refractivity contribution in [3.8, 4) is 0 Å². The number of hydrogen-bond acceptors (Lipinski definition) is 4. The highest BCUT2D eigenvalue weighted by atomic mass is 32.2. The second kappa shape index (κ2) is 6.46. The Kier molecular flexibility index (Phi) is 4.37. The molecule has 1 amide bonds. The monoisotopic (exact) mass is 344 g/mol. The van der Waals surface area contributed by atoms with Crippen molar-refractivity contribution in [2.24, 2.45) is 0 Å². The molecule has 0 unspecified atom stereocenters. The van der Waals surface area contributed by atoms with Crippen LogP contribution < -0.4 is 10.3 Å². The lowest BCUT2D eigenvalue weighted by Crippen LogP contribution is -2.42. The van der Waals surface area contributed by atoms with E-state index in [0.717, 1.165) is 5.39 Å². The summed E-state index contributed by atoms with van der Waals surface area (Å²) in [5.41, 5.74) is 4.05. The van der Waals surface area contributed by atoms with Crippen LogP contribution >= 0.6 is 0 Å². The quantitative estimate of drug-likeness (QED) is 0.696. The van der Waals surface area contributed by atoms with Gasteiger partial charge in [0, 0.05) is 10.9 Å². The Balaban J connectivity index is 1.71. The zero-order valence-corrected chi connectivity index (χ0v) is 13.8. The Labute approximate surface area is 139 Å². The van der Waals surface area contributed by atoms with Crippen molar-refractivity contribution in [3.05, 3.63) is 71.5 Å². The van der Waals surface area contributed by atoms with Crippen LogP contribution in [-0.4, -0.2) is 14.3 Å². The molecule has 24 heavy (non-hydrogen) atoms. The summed E-state index contributed by atoms with van der Waals surface area (Å²) < 4.78 is 29.6. The predicted octanol–water partition coefficient (Wildman–Crippen LogP) is 2.51. The third-order valence-corrected chi connectivity index (χ3v) is 4.70. The number of hydrogen-bond donors (Lipinski definition) is 2. The molecular formula is C17H16N2O4S. The lowest BCUT2D eigenvalue weighted by Gasteiger charge is -2.07. The largest absolute Gasteiger partial charge is 0.451 e. The van der Waals surface area contributed by atoms with Crippen LogP contribution in [-0.2, 0) is 15.8 Å². The van der Waals surface area contributed by atoms with Gasteiger partial charge in [-0.25, -0.2) is 8.42 Å². The van der Waals surface area contributed by atoms with Crippen molar-refractivity contribution in [2.75, 3.05) is 0 Å². The molecule has 1 aromatic heterocycles. The van der Waals surface area contributed by atoms with Crippen LogP contribution in [0.4, 0.5) is 0 Å². The summed E-state index contributed by atoms with van der Waals surface area (Å²) in [5, 5.41) is 0.815. The number of para-hydroxylation sites is 1. The molecule has 0 spiro atoms. The number of hydrazine groups is 1. The maximum Gasteiger partial charge on any atom is 0.302 e. The maximum absolute atomic E-state index is 12.2. The molecule has 3 rings (SSSR count). The molecule has 1 heterocycles. The summed E-state index contributed by atoms with van der Waals surface area (Å²) in [5.74, 6) is -0.785. The maximum atomic E-state index is 12.2. The molecule has 2 aromatic carbocycles. The summed E-state index contributed by atoms with van der Waals surface area (Å²) in [6, 6.07) is 15.9. The zero-order chi connectivity index (χ0) is 17.2. The molecule has 3 aromatic rings. The highest BCUT2D eigenvalue weighted by Crippen LogP contribution is 2.24. The van der Waals surface area contributed by atoms with Crippen molar-refractivity contribution < 1.29 is 17.6 Å². The lowest BCUT2D eigenvalue weighted by atomic mass is 10.1. The van der Waals surface area contributed by atoms with Crippen molar-refractivity contribution in [1.82, 2.24) is 10.3 Å². The first kappa shape index (κ1) is 16.2. The average molecular weight is 344 g/mol. The van der Waals surface area contributed by atoms with E-state index in [2.05, 4.69) is 10.3 Å². The molecule has 0 radical (unpaired) electrons. The third-order valence-electron chi connectivity index (χ3n) is 3.57. The van der Waals surface area contributed by atoms with Gasteiger partial charge in [-0.3, -0.25) is 10.2 Å². The van der Waals surface area contributed by atoms with E-state index in [9.17, 15) is 13.2 Å². The van der Waals surface area contributed by atoms with Gasteiger partial charge in [-0.05, 0) is 18.6 Å². The van der Waals surface area contributed by atoms with Gasteiger partial charge in [-0.2, -0.15) is 0 Å². The molecule has 2 N–H and O–H groups in total. The number of sulfonamides is 1. The van der Waals surface area contributed by atoms with Crippen LogP contribution in [0.3, 0.4) is 0 Å². The van der Waals surface area contributed by atoms with E-state index >= 15 is 0 Å². The van der Waals surface area contributed by atoms with Gasteiger partial charge in [0.1, 0.15) is 5.58 Å². The number of benzene rings is 2. The summed E-state index contributed by atoms with van der Waals surface area (Å²) in [7, 11) is -3.70. The van der Waals surface area contributed by atoms with Crippen molar-refractivity contribution >= 4 is 26.9 Å². The number of amides is 1. The number of aryl methyl sites for hydroxylation is 1. The van der Waals surface area contributed by atoms with Gasteiger partial charge in [0.25, 0.3) is 0 Å². The first-order valence-corrected chi connectivity index (χ1v) is 8.93. The Morgan fingerprint density at radius 3 is 2.42 bits per heavy atom. The minimum Gasteiger partial charge on any atom is -0.451 e. The number of rotatable bonds is 5. The molecular weight excluding hydrogens is 328 g/mol. The van der Waals surface area contributed by atoms with Gasteiger partial charge in [0.15, 0.2) is 5.76 Å². The first-order valence-electron chi connectivity index (χ1n) is 7.28. The van der Waals surface area contributed by atoms with Crippen molar-refractivity contribution in [1.29, 1.82) is 0 Å². The molecule has 0 atom stereocenters. The number of furan rings is 1. The van der Waals surface area contributed by atoms with E-state index in [4.69, 9.17) is 4.42 Å². The van der Waals surface area contributed by atoms with E-state index in [0.29, 0.717) is 16.7 Å². The van der Waals surface area contributed by atoms with E-state index in [1.807, 2.05) is 12.1 Å². The molecule has 0 saturated carbocycles. The van der Waals surface area contributed by atoms with E-state index in [1.54, 1.807) is 49.4 Å². The minimum absolute atomic E-state index is 0.0820. The van der Waals surface area contributed by atoms with Crippen LogP contribution in [0.2, 0.25) is 0 Å². The molecule has 6 nitrogen and oxygen atoms in total. The van der Waals surface area contributed by atoms with Crippen LogP contribution in [0, 0.1) is 6.92 Å². The van der Waals surface area contributed by atoms with Gasteiger partial charge < -0.3 is 4.42 Å². The summed E-state index contributed by atoms with van der Waals surface area (Å²) in [6.45, 7) is 1.75. The Hall–Kier alpha value is -2.64. The molecule has 0 aliphatic carbocycles. The zero-order valence-electron chi connectivity index (χ0n) is 12.9. The second-order valence-electron chi connectivity index (χ2n) is 5.35.